The molecule has 0 bridgehead atoms. The summed E-state index contributed by atoms with van der Waals surface area (Å²) >= 11 is 1.60. The van der Waals surface area contributed by atoms with Crippen LogP contribution in [0.1, 0.15) is 41.6 Å². The number of aromatic nitrogens is 1. The maximum absolute atomic E-state index is 12.3. The molecule has 0 aliphatic carbocycles. The van der Waals surface area contributed by atoms with Gasteiger partial charge in [0.25, 0.3) is 0 Å². The molecule has 0 fully saturated rings. The topological polar surface area (TPSA) is 51.2 Å². The molecule has 4 nitrogen and oxygen atoms in total. The number of ether oxygens (including phenoxy) is 1. The van der Waals surface area contributed by atoms with E-state index >= 15 is 0 Å². The van der Waals surface area contributed by atoms with E-state index in [1.54, 1.807) is 11.3 Å². The number of amides is 1. The maximum atomic E-state index is 12.3. The number of hydrogen-bond donors (Lipinski definition) is 1. The monoisotopic (exact) mass is 394 g/mol. The van der Waals surface area contributed by atoms with Crippen LogP contribution in [0.4, 0.5) is 0 Å². The molecule has 28 heavy (non-hydrogen) atoms. The quantitative estimate of drug-likeness (QED) is 0.504. The molecule has 0 radical (unpaired) electrons. The van der Waals surface area contributed by atoms with Crippen LogP contribution in [-0.2, 0) is 24.2 Å². The highest BCUT2D eigenvalue weighted by molar-refractivity contribution is 7.09. The van der Waals surface area contributed by atoms with Crippen molar-refractivity contribution >= 4 is 17.2 Å². The Kier molecular flexibility index (Phi) is 7.62. The molecule has 0 aliphatic heterocycles. The van der Waals surface area contributed by atoms with Crippen LogP contribution in [0.25, 0.3) is 0 Å². The van der Waals surface area contributed by atoms with Gasteiger partial charge in [-0.3, -0.25) is 4.79 Å². The molecular weight excluding hydrogens is 368 g/mol. The Hall–Kier alpha value is -2.66. The van der Waals surface area contributed by atoms with Gasteiger partial charge in [0, 0.05) is 18.3 Å². The van der Waals surface area contributed by atoms with Crippen LogP contribution in [0.3, 0.4) is 0 Å². The zero-order valence-electron chi connectivity index (χ0n) is 16.2. The van der Waals surface area contributed by atoms with Gasteiger partial charge >= 0.3 is 0 Å². The molecule has 0 saturated heterocycles. The fraction of sp³-hybridized carbons (Fsp3) is 0.304. The molecule has 0 spiro atoms. The van der Waals surface area contributed by atoms with Gasteiger partial charge in [-0.1, -0.05) is 55.8 Å². The van der Waals surface area contributed by atoms with Gasteiger partial charge in [0.2, 0.25) is 5.91 Å². The zero-order chi connectivity index (χ0) is 19.6. The van der Waals surface area contributed by atoms with Gasteiger partial charge in [0.05, 0.1) is 23.7 Å². The number of rotatable bonds is 10. The van der Waals surface area contributed by atoms with E-state index in [1.165, 1.54) is 5.56 Å². The molecule has 0 saturated carbocycles. The summed E-state index contributed by atoms with van der Waals surface area (Å²) in [5.74, 6) is 0.833. The lowest BCUT2D eigenvalue weighted by Crippen LogP contribution is -2.24. The molecule has 1 amide bonds. The first kappa shape index (κ1) is 20.1. The highest BCUT2D eigenvalue weighted by atomic mass is 32.1. The molecule has 2 aromatic carbocycles. The summed E-state index contributed by atoms with van der Waals surface area (Å²) in [5.41, 5.74) is 3.09. The molecule has 1 aromatic heterocycles. The fourth-order valence-electron chi connectivity index (χ4n) is 2.79. The highest BCUT2D eigenvalue weighted by Gasteiger charge is 2.08. The van der Waals surface area contributed by atoms with Gasteiger partial charge in [-0.15, -0.1) is 11.3 Å². The van der Waals surface area contributed by atoms with Crippen LogP contribution in [0.15, 0.2) is 60.0 Å². The Morgan fingerprint density at radius 1 is 1.11 bits per heavy atom. The normalized spacial score (nSPS) is 10.6. The Morgan fingerprint density at radius 2 is 1.93 bits per heavy atom. The number of benzene rings is 2. The summed E-state index contributed by atoms with van der Waals surface area (Å²) in [6.07, 6.45) is 3.26. The van der Waals surface area contributed by atoms with E-state index in [4.69, 9.17) is 4.74 Å². The third kappa shape index (κ3) is 6.50. The lowest BCUT2D eigenvalue weighted by atomic mass is 10.2. The molecular formula is C23H26N2O2S. The van der Waals surface area contributed by atoms with Crippen LogP contribution < -0.4 is 10.1 Å². The second-order valence-electron chi connectivity index (χ2n) is 6.70. The SMILES string of the molecule is CCCCOc1cccc(CNC(=O)Cc2csc(Cc3ccccc3)n2)c1. The van der Waals surface area contributed by atoms with Crippen molar-refractivity contribution in [3.05, 3.63) is 81.8 Å². The predicted octanol–water partition coefficient (Wildman–Crippen LogP) is 4.77. The van der Waals surface area contributed by atoms with Gasteiger partial charge in [0.15, 0.2) is 0 Å². The fourth-order valence-corrected chi connectivity index (χ4v) is 3.62. The Balaban J connectivity index is 1.46. The van der Waals surface area contributed by atoms with Crippen molar-refractivity contribution in [2.75, 3.05) is 6.61 Å². The summed E-state index contributed by atoms with van der Waals surface area (Å²) < 4.78 is 5.72. The molecule has 0 atom stereocenters. The summed E-state index contributed by atoms with van der Waals surface area (Å²) in [5, 5.41) is 5.98. The van der Waals surface area contributed by atoms with Crippen molar-refractivity contribution in [2.24, 2.45) is 0 Å². The molecule has 5 heteroatoms. The summed E-state index contributed by atoms with van der Waals surface area (Å²) in [6, 6.07) is 18.1. The van der Waals surface area contributed by atoms with Crippen molar-refractivity contribution in [1.82, 2.24) is 10.3 Å². The van der Waals surface area contributed by atoms with E-state index in [1.807, 2.05) is 47.8 Å². The lowest BCUT2D eigenvalue weighted by Gasteiger charge is -2.08. The minimum absolute atomic E-state index is 0.0196. The van der Waals surface area contributed by atoms with Crippen molar-refractivity contribution in [3.8, 4) is 5.75 Å². The Labute approximate surface area is 170 Å². The summed E-state index contributed by atoms with van der Waals surface area (Å²) in [6.45, 7) is 3.36. The predicted molar refractivity (Wildman–Crippen MR) is 114 cm³/mol. The smallest absolute Gasteiger partial charge is 0.226 e. The second-order valence-corrected chi connectivity index (χ2v) is 7.64. The maximum Gasteiger partial charge on any atom is 0.226 e. The van der Waals surface area contributed by atoms with Gasteiger partial charge in [0.1, 0.15) is 5.75 Å². The third-order valence-corrected chi connectivity index (χ3v) is 5.19. The zero-order valence-corrected chi connectivity index (χ0v) is 17.0. The van der Waals surface area contributed by atoms with Crippen LogP contribution in [0.5, 0.6) is 5.75 Å². The molecule has 0 unspecified atom stereocenters. The Morgan fingerprint density at radius 3 is 2.75 bits per heavy atom. The summed E-state index contributed by atoms with van der Waals surface area (Å²) in [7, 11) is 0. The van der Waals surface area contributed by atoms with E-state index in [0.717, 1.165) is 47.9 Å². The van der Waals surface area contributed by atoms with Gasteiger partial charge in [-0.2, -0.15) is 0 Å². The highest BCUT2D eigenvalue weighted by Crippen LogP contribution is 2.16. The largest absolute Gasteiger partial charge is 0.494 e. The van der Waals surface area contributed by atoms with Crippen molar-refractivity contribution in [2.45, 2.75) is 39.2 Å². The average molecular weight is 395 g/mol. The van der Waals surface area contributed by atoms with Crippen LogP contribution >= 0.6 is 11.3 Å². The number of nitrogens with one attached hydrogen (secondary N) is 1. The molecule has 3 rings (SSSR count). The Bertz CT molecular complexity index is 877. The first-order valence-electron chi connectivity index (χ1n) is 9.68. The van der Waals surface area contributed by atoms with E-state index in [0.29, 0.717) is 13.0 Å². The number of thiazole rings is 1. The number of hydrogen-bond acceptors (Lipinski definition) is 4. The average Bonchev–Trinajstić information content (AvgIpc) is 3.14. The van der Waals surface area contributed by atoms with Crippen molar-refractivity contribution < 1.29 is 9.53 Å². The molecule has 1 heterocycles. The molecule has 1 N–H and O–H groups in total. The third-order valence-electron chi connectivity index (χ3n) is 4.29. The second kappa shape index (κ2) is 10.6. The number of carbonyl (C=O) groups excluding carboxylic acids is 1. The van der Waals surface area contributed by atoms with E-state index in [-0.39, 0.29) is 5.91 Å². The molecule has 0 aliphatic rings. The first-order chi connectivity index (χ1) is 13.7. The van der Waals surface area contributed by atoms with E-state index in [9.17, 15) is 4.79 Å². The van der Waals surface area contributed by atoms with Crippen molar-refractivity contribution in [1.29, 1.82) is 0 Å². The summed E-state index contributed by atoms with van der Waals surface area (Å²) in [4.78, 5) is 16.9. The van der Waals surface area contributed by atoms with E-state index < -0.39 is 0 Å². The van der Waals surface area contributed by atoms with Crippen LogP contribution in [0.2, 0.25) is 0 Å². The number of nitrogens with zero attached hydrogens (tertiary/aromatic N) is 1. The number of unbranched alkanes of at least 4 members (excludes halogenated alkanes) is 1. The minimum Gasteiger partial charge on any atom is -0.494 e. The standard InChI is InChI=1S/C23H26N2O2S/c1-2-3-12-27-21-11-7-10-19(13-21)16-24-22(26)15-20-17-28-23(25-20)14-18-8-5-4-6-9-18/h4-11,13,17H,2-3,12,14-16H2,1H3,(H,24,26). The van der Waals surface area contributed by atoms with Gasteiger partial charge < -0.3 is 10.1 Å². The van der Waals surface area contributed by atoms with Crippen molar-refractivity contribution in [3.63, 3.8) is 0 Å². The lowest BCUT2D eigenvalue weighted by molar-refractivity contribution is -0.120. The van der Waals surface area contributed by atoms with Crippen LogP contribution in [-0.4, -0.2) is 17.5 Å². The molecule has 146 valence electrons. The first-order valence-corrected chi connectivity index (χ1v) is 10.6. The molecule has 3 aromatic rings. The minimum atomic E-state index is -0.0196. The number of carbonyl (C=O) groups is 1. The van der Waals surface area contributed by atoms with Gasteiger partial charge in [-0.25, -0.2) is 4.98 Å². The van der Waals surface area contributed by atoms with E-state index in [2.05, 4.69) is 29.4 Å². The van der Waals surface area contributed by atoms with Gasteiger partial charge in [-0.05, 0) is 29.7 Å². The van der Waals surface area contributed by atoms with Crippen LogP contribution in [0, 0.1) is 0 Å².